The van der Waals surface area contributed by atoms with Gasteiger partial charge in [0.2, 0.25) is 0 Å². The highest BCUT2D eigenvalue weighted by molar-refractivity contribution is 7.91. The molecule has 1 aromatic carbocycles. The first kappa shape index (κ1) is 22.1. The van der Waals surface area contributed by atoms with Crippen LogP contribution in [0.5, 0.6) is 5.75 Å². The molecule has 0 amide bonds. The molecule has 31 heavy (non-hydrogen) atoms. The number of hydrogen-bond donors (Lipinski definition) is 0. The molecule has 8 heteroatoms. The lowest BCUT2D eigenvalue weighted by Gasteiger charge is -2.31. The molecule has 0 radical (unpaired) electrons. The van der Waals surface area contributed by atoms with Gasteiger partial charge in [0.05, 0.1) is 36.6 Å². The quantitative estimate of drug-likeness (QED) is 0.602. The summed E-state index contributed by atoms with van der Waals surface area (Å²) in [6.07, 6.45) is 3.75. The van der Waals surface area contributed by atoms with Crippen LogP contribution in [0.2, 0.25) is 0 Å². The van der Waals surface area contributed by atoms with E-state index in [1.54, 1.807) is 19.1 Å². The van der Waals surface area contributed by atoms with E-state index in [0.29, 0.717) is 42.6 Å². The Bertz CT molecular complexity index is 1020. The van der Waals surface area contributed by atoms with Gasteiger partial charge in [-0.05, 0) is 62.3 Å². The van der Waals surface area contributed by atoms with Crippen molar-refractivity contribution >= 4 is 9.84 Å². The van der Waals surface area contributed by atoms with Crippen LogP contribution in [-0.2, 0) is 14.6 Å². The third-order valence-electron chi connectivity index (χ3n) is 6.08. The zero-order chi connectivity index (χ0) is 22.0. The maximum atomic E-state index is 14.9. The summed E-state index contributed by atoms with van der Waals surface area (Å²) in [6.45, 7) is 2.86. The third kappa shape index (κ3) is 5.60. The first-order chi connectivity index (χ1) is 14.8. The fourth-order valence-electron chi connectivity index (χ4n) is 4.04. The number of nitrogens with zero attached hydrogens (tertiary/aromatic N) is 1. The number of halogens is 2. The fraction of sp³-hybridized carbons (Fsp3) is 0.522. The second kappa shape index (κ2) is 9.20. The van der Waals surface area contributed by atoms with Gasteiger partial charge in [0, 0.05) is 23.7 Å². The Morgan fingerprint density at radius 2 is 1.90 bits per heavy atom. The molecule has 1 saturated heterocycles. The molecule has 168 valence electrons. The highest BCUT2D eigenvalue weighted by Gasteiger charge is 2.34. The maximum absolute atomic E-state index is 14.9. The zero-order valence-corrected chi connectivity index (χ0v) is 18.3. The van der Waals surface area contributed by atoms with Crippen molar-refractivity contribution in [3.05, 3.63) is 47.7 Å². The van der Waals surface area contributed by atoms with Crippen LogP contribution >= 0.6 is 0 Å². The average Bonchev–Trinajstić information content (AvgIpc) is 3.54. The summed E-state index contributed by atoms with van der Waals surface area (Å²) >= 11 is 0. The molecule has 0 N–H and O–H groups in total. The van der Waals surface area contributed by atoms with Gasteiger partial charge in [0.1, 0.15) is 17.4 Å². The van der Waals surface area contributed by atoms with Crippen LogP contribution in [0.3, 0.4) is 0 Å². The van der Waals surface area contributed by atoms with Crippen molar-refractivity contribution in [1.82, 2.24) is 4.98 Å². The number of ether oxygens (including phenoxy) is 2. The van der Waals surface area contributed by atoms with E-state index in [-0.39, 0.29) is 35.5 Å². The largest absolute Gasteiger partial charge is 0.493 e. The van der Waals surface area contributed by atoms with Crippen LogP contribution < -0.4 is 4.74 Å². The molecule has 1 aliphatic heterocycles. The van der Waals surface area contributed by atoms with Gasteiger partial charge in [-0.3, -0.25) is 4.98 Å². The maximum Gasteiger partial charge on any atom is 0.150 e. The second-order valence-corrected chi connectivity index (χ2v) is 10.8. The van der Waals surface area contributed by atoms with Gasteiger partial charge in [-0.15, -0.1) is 0 Å². The molecule has 1 aliphatic carbocycles. The van der Waals surface area contributed by atoms with Crippen molar-refractivity contribution in [3.8, 4) is 17.0 Å². The highest BCUT2D eigenvalue weighted by atomic mass is 32.2. The number of rotatable bonds is 8. The summed E-state index contributed by atoms with van der Waals surface area (Å²) in [4.78, 5) is 3.94. The third-order valence-corrected chi connectivity index (χ3v) is 7.99. The van der Waals surface area contributed by atoms with Crippen molar-refractivity contribution in [2.45, 2.75) is 26.2 Å². The van der Waals surface area contributed by atoms with Gasteiger partial charge >= 0.3 is 0 Å². The van der Waals surface area contributed by atoms with Crippen molar-refractivity contribution in [2.24, 2.45) is 17.8 Å². The van der Waals surface area contributed by atoms with E-state index in [0.717, 1.165) is 19.0 Å². The van der Waals surface area contributed by atoms with Gasteiger partial charge in [0.25, 0.3) is 0 Å². The van der Waals surface area contributed by atoms with E-state index in [2.05, 4.69) is 4.98 Å². The second-order valence-electron chi connectivity index (χ2n) is 8.63. The minimum absolute atomic E-state index is 0.0228. The van der Waals surface area contributed by atoms with Gasteiger partial charge in [-0.2, -0.15) is 0 Å². The van der Waals surface area contributed by atoms with Gasteiger partial charge in [-0.1, -0.05) is 0 Å². The molecule has 5 nitrogen and oxygen atoms in total. The molecule has 1 unspecified atom stereocenters. The molecular formula is C23H27F2NO4S. The molecule has 1 saturated carbocycles. The van der Waals surface area contributed by atoms with E-state index in [4.69, 9.17) is 9.47 Å². The van der Waals surface area contributed by atoms with Crippen LogP contribution in [0.25, 0.3) is 11.3 Å². The Balaban J connectivity index is 1.43. The zero-order valence-electron chi connectivity index (χ0n) is 17.5. The predicted molar refractivity (Wildman–Crippen MR) is 114 cm³/mol. The first-order valence-corrected chi connectivity index (χ1v) is 12.5. The van der Waals surface area contributed by atoms with Crippen LogP contribution in [0.4, 0.5) is 8.78 Å². The number of pyridine rings is 1. The smallest absolute Gasteiger partial charge is 0.150 e. The summed E-state index contributed by atoms with van der Waals surface area (Å²) in [5.74, 6) is 0.121. The Hall–Kier alpha value is -2.06. The van der Waals surface area contributed by atoms with Crippen LogP contribution in [0.15, 0.2) is 30.5 Å². The summed E-state index contributed by atoms with van der Waals surface area (Å²) in [5.41, 5.74) is 0.948. The molecular weight excluding hydrogens is 424 g/mol. The average molecular weight is 452 g/mol. The molecule has 2 fully saturated rings. The van der Waals surface area contributed by atoms with E-state index in [9.17, 15) is 17.2 Å². The lowest BCUT2D eigenvalue weighted by Crippen LogP contribution is -2.36. The molecule has 4 rings (SSSR count). The molecule has 2 atom stereocenters. The number of sulfone groups is 1. The minimum Gasteiger partial charge on any atom is -0.493 e. The molecule has 2 aromatic rings. The lowest BCUT2D eigenvalue weighted by molar-refractivity contribution is 0.00433. The summed E-state index contributed by atoms with van der Waals surface area (Å²) < 4.78 is 64.5. The van der Waals surface area contributed by atoms with Gasteiger partial charge < -0.3 is 9.47 Å². The van der Waals surface area contributed by atoms with E-state index >= 15 is 0 Å². The van der Waals surface area contributed by atoms with Crippen molar-refractivity contribution in [1.29, 1.82) is 0 Å². The fourth-order valence-corrected chi connectivity index (χ4v) is 6.31. The summed E-state index contributed by atoms with van der Waals surface area (Å²) in [6, 6.07) is 5.90. The molecule has 2 aliphatic rings. The highest BCUT2D eigenvalue weighted by Crippen LogP contribution is 2.33. The lowest BCUT2D eigenvalue weighted by atomic mass is 9.91. The monoisotopic (exact) mass is 451 g/mol. The first-order valence-electron chi connectivity index (χ1n) is 10.6. The minimum atomic E-state index is -3.09. The molecule has 1 aromatic heterocycles. The standard InChI is InChI=1S/C23H27F2NO4S/c1-15-22(7-5-20(23(15)25)21-6-4-19(24)10-26-21)30-12-18-11-29-9-8-17(18)14-31(27,28)13-16-2-3-16/h4-7,10,16-18H,2-3,8-9,11-14H2,1H3/t17?,18-/m1/s1. The van der Waals surface area contributed by atoms with Gasteiger partial charge in [0.15, 0.2) is 9.84 Å². The Kier molecular flexibility index (Phi) is 6.57. The van der Waals surface area contributed by atoms with Crippen molar-refractivity contribution in [2.75, 3.05) is 31.3 Å². The Labute approximate surface area is 181 Å². The number of benzene rings is 1. The molecule has 0 spiro atoms. The molecule has 0 bridgehead atoms. The van der Waals surface area contributed by atoms with Crippen molar-refractivity contribution in [3.63, 3.8) is 0 Å². The van der Waals surface area contributed by atoms with E-state index in [1.165, 1.54) is 12.1 Å². The van der Waals surface area contributed by atoms with Crippen LogP contribution in [0, 0.1) is 36.3 Å². The predicted octanol–water partition coefficient (Wildman–Crippen LogP) is 4.19. The Morgan fingerprint density at radius 3 is 2.61 bits per heavy atom. The number of aromatic nitrogens is 1. The number of hydrogen-bond acceptors (Lipinski definition) is 5. The summed E-state index contributed by atoms with van der Waals surface area (Å²) in [5, 5.41) is 0. The Morgan fingerprint density at radius 1 is 1.10 bits per heavy atom. The topological polar surface area (TPSA) is 65.5 Å². The SMILES string of the molecule is Cc1c(OC[C@H]2COCCC2CS(=O)(=O)CC2CC2)ccc(-c2ccc(F)cn2)c1F. The van der Waals surface area contributed by atoms with Crippen LogP contribution in [-0.4, -0.2) is 44.7 Å². The van der Waals surface area contributed by atoms with Crippen LogP contribution in [0.1, 0.15) is 24.8 Å². The molecule has 2 heterocycles. The van der Waals surface area contributed by atoms with Crippen molar-refractivity contribution < 1.29 is 26.7 Å². The normalized spacial score (nSPS) is 21.8. The summed E-state index contributed by atoms with van der Waals surface area (Å²) in [7, 11) is -3.09. The van der Waals surface area contributed by atoms with E-state index < -0.39 is 21.5 Å². The van der Waals surface area contributed by atoms with Gasteiger partial charge in [-0.25, -0.2) is 17.2 Å². The van der Waals surface area contributed by atoms with E-state index in [1.807, 2.05) is 0 Å².